The minimum atomic E-state index is -3.37. The van der Waals surface area contributed by atoms with Crippen LogP contribution in [0.25, 0.3) is 0 Å². The van der Waals surface area contributed by atoms with Gasteiger partial charge in [0.2, 0.25) is 15.9 Å². The zero-order valence-corrected chi connectivity index (χ0v) is 15.2. The van der Waals surface area contributed by atoms with E-state index in [1.807, 2.05) is 0 Å². The lowest BCUT2D eigenvalue weighted by Gasteiger charge is -2.22. The average Bonchev–Trinajstić information content (AvgIpc) is 2.60. The summed E-state index contributed by atoms with van der Waals surface area (Å²) in [5.74, 6) is 0.468. The molecule has 2 aliphatic rings. The Bertz CT molecular complexity index is 472. The summed E-state index contributed by atoms with van der Waals surface area (Å²) in [5, 5.41) is 6.02. The van der Waals surface area contributed by atoms with Crippen molar-refractivity contribution in [3.05, 3.63) is 0 Å². The van der Waals surface area contributed by atoms with Crippen LogP contribution in [0.1, 0.15) is 44.9 Å². The number of hydrogen-bond acceptors (Lipinski definition) is 5. The average molecular weight is 362 g/mol. The normalized spacial score (nSPS) is 23.1. The van der Waals surface area contributed by atoms with Gasteiger partial charge in [0.25, 0.3) is 0 Å². The highest BCUT2D eigenvalue weighted by atomic mass is 32.2. The van der Waals surface area contributed by atoms with Crippen molar-refractivity contribution in [2.24, 2.45) is 5.92 Å². The molecule has 2 fully saturated rings. The third-order valence-electron chi connectivity index (χ3n) is 4.74. The predicted molar refractivity (Wildman–Crippen MR) is 93.2 cm³/mol. The lowest BCUT2D eigenvalue weighted by molar-refractivity contribution is -0.121. The van der Waals surface area contributed by atoms with Crippen molar-refractivity contribution in [1.82, 2.24) is 15.4 Å². The van der Waals surface area contributed by atoms with Gasteiger partial charge in [0.05, 0.1) is 11.9 Å². The fourth-order valence-electron chi connectivity index (χ4n) is 3.18. The molecule has 0 radical (unpaired) electrons. The standard InChI is InChI=1S/C16H31N3O4S/c20-16(5-4-14-6-8-17-9-7-14)18-10-12-24(21,22)19-13-15-3-1-2-11-23-15/h14-15,17,19H,1-13H2,(H,18,20). The first-order valence-corrected chi connectivity index (χ1v) is 10.8. The van der Waals surface area contributed by atoms with E-state index in [9.17, 15) is 13.2 Å². The van der Waals surface area contributed by atoms with Gasteiger partial charge in [0, 0.05) is 26.1 Å². The predicted octanol–water partition coefficient (Wildman–Crippen LogP) is 0.371. The highest BCUT2D eigenvalue weighted by Crippen LogP contribution is 2.17. The zero-order chi connectivity index (χ0) is 17.3. The minimum Gasteiger partial charge on any atom is -0.377 e. The van der Waals surface area contributed by atoms with Crippen LogP contribution < -0.4 is 15.4 Å². The summed E-state index contributed by atoms with van der Waals surface area (Å²) >= 11 is 0. The Morgan fingerprint density at radius 3 is 2.67 bits per heavy atom. The summed E-state index contributed by atoms with van der Waals surface area (Å²) < 4.78 is 31.9. The van der Waals surface area contributed by atoms with E-state index in [0.717, 1.165) is 51.6 Å². The Labute approximate surface area is 145 Å². The van der Waals surface area contributed by atoms with Crippen molar-refractivity contribution in [1.29, 1.82) is 0 Å². The zero-order valence-electron chi connectivity index (χ0n) is 14.4. The molecular weight excluding hydrogens is 330 g/mol. The first kappa shape index (κ1) is 19.6. The molecule has 8 heteroatoms. The van der Waals surface area contributed by atoms with Crippen LogP contribution in [0.5, 0.6) is 0 Å². The van der Waals surface area contributed by atoms with Gasteiger partial charge in [-0.2, -0.15) is 0 Å². The summed E-state index contributed by atoms with van der Waals surface area (Å²) in [4.78, 5) is 11.8. The maximum atomic E-state index is 11.9. The van der Waals surface area contributed by atoms with Gasteiger partial charge in [-0.15, -0.1) is 0 Å². The molecule has 7 nitrogen and oxygen atoms in total. The highest BCUT2D eigenvalue weighted by Gasteiger charge is 2.18. The number of piperidine rings is 1. The smallest absolute Gasteiger partial charge is 0.220 e. The van der Waals surface area contributed by atoms with Crippen LogP contribution in [0.15, 0.2) is 0 Å². The molecule has 2 aliphatic heterocycles. The minimum absolute atomic E-state index is 0.0203. The molecule has 0 aliphatic carbocycles. The monoisotopic (exact) mass is 361 g/mol. The number of ether oxygens (including phenoxy) is 1. The fourth-order valence-corrected chi connectivity index (χ4v) is 4.13. The number of hydrogen-bond donors (Lipinski definition) is 3. The quantitative estimate of drug-likeness (QED) is 0.551. The van der Waals surface area contributed by atoms with Gasteiger partial charge in [0.15, 0.2) is 0 Å². The van der Waals surface area contributed by atoms with Crippen molar-refractivity contribution in [2.45, 2.75) is 51.0 Å². The lowest BCUT2D eigenvalue weighted by Crippen LogP contribution is -2.39. The second-order valence-electron chi connectivity index (χ2n) is 6.74. The molecule has 24 heavy (non-hydrogen) atoms. The summed E-state index contributed by atoms with van der Waals surface area (Å²) in [6.07, 6.45) is 6.62. The van der Waals surface area contributed by atoms with E-state index in [-0.39, 0.29) is 24.3 Å². The molecule has 2 rings (SSSR count). The molecular formula is C16H31N3O4S. The van der Waals surface area contributed by atoms with Gasteiger partial charge in [-0.3, -0.25) is 4.79 Å². The molecule has 0 saturated carbocycles. The second-order valence-corrected chi connectivity index (χ2v) is 8.66. The lowest BCUT2D eigenvalue weighted by atomic mass is 9.93. The Morgan fingerprint density at radius 2 is 1.96 bits per heavy atom. The van der Waals surface area contributed by atoms with Gasteiger partial charge >= 0.3 is 0 Å². The fraction of sp³-hybridized carbons (Fsp3) is 0.938. The molecule has 2 saturated heterocycles. The van der Waals surface area contributed by atoms with E-state index < -0.39 is 10.0 Å². The van der Waals surface area contributed by atoms with Crippen LogP contribution in [0, 0.1) is 5.92 Å². The number of sulfonamides is 1. The summed E-state index contributed by atoms with van der Waals surface area (Å²) in [6, 6.07) is 0. The summed E-state index contributed by atoms with van der Waals surface area (Å²) in [5.41, 5.74) is 0. The molecule has 1 unspecified atom stereocenters. The first-order chi connectivity index (χ1) is 11.6. The van der Waals surface area contributed by atoms with Crippen LogP contribution >= 0.6 is 0 Å². The Kier molecular flexibility index (Phi) is 8.44. The van der Waals surface area contributed by atoms with Crippen molar-refractivity contribution in [3.63, 3.8) is 0 Å². The van der Waals surface area contributed by atoms with Crippen molar-refractivity contribution >= 4 is 15.9 Å². The number of carbonyl (C=O) groups excluding carboxylic acids is 1. The molecule has 3 N–H and O–H groups in total. The Hall–Kier alpha value is -0.700. The van der Waals surface area contributed by atoms with Crippen LogP contribution in [0.2, 0.25) is 0 Å². The molecule has 0 bridgehead atoms. The van der Waals surface area contributed by atoms with E-state index in [1.165, 1.54) is 0 Å². The van der Waals surface area contributed by atoms with E-state index in [2.05, 4.69) is 15.4 Å². The van der Waals surface area contributed by atoms with Crippen LogP contribution in [0.4, 0.5) is 0 Å². The topological polar surface area (TPSA) is 96.5 Å². The van der Waals surface area contributed by atoms with Gasteiger partial charge < -0.3 is 15.4 Å². The van der Waals surface area contributed by atoms with Crippen LogP contribution in [0.3, 0.4) is 0 Å². The summed E-state index contributed by atoms with van der Waals surface area (Å²) in [7, 11) is -3.37. The number of nitrogens with one attached hydrogen (secondary N) is 3. The Morgan fingerprint density at radius 1 is 1.17 bits per heavy atom. The SMILES string of the molecule is O=C(CCC1CCNCC1)NCCS(=O)(=O)NCC1CCCCO1. The molecule has 0 spiro atoms. The van der Waals surface area contributed by atoms with Crippen LogP contribution in [-0.4, -0.2) is 59.0 Å². The molecule has 0 aromatic rings. The van der Waals surface area contributed by atoms with E-state index >= 15 is 0 Å². The van der Waals surface area contributed by atoms with Crippen molar-refractivity contribution in [3.8, 4) is 0 Å². The number of amides is 1. The number of rotatable bonds is 9. The molecule has 1 amide bonds. The Balaban J connectivity index is 1.55. The third kappa shape index (κ3) is 7.92. The maximum absolute atomic E-state index is 11.9. The van der Waals surface area contributed by atoms with Crippen molar-refractivity contribution in [2.75, 3.05) is 38.5 Å². The van der Waals surface area contributed by atoms with Crippen molar-refractivity contribution < 1.29 is 17.9 Å². The second kappa shape index (κ2) is 10.3. The number of carbonyl (C=O) groups is 1. The first-order valence-electron chi connectivity index (χ1n) is 9.11. The van der Waals surface area contributed by atoms with E-state index in [0.29, 0.717) is 25.5 Å². The van der Waals surface area contributed by atoms with Crippen LogP contribution in [-0.2, 0) is 19.6 Å². The van der Waals surface area contributed by atoms with Gasteiger partial charge in [-0.25, -0.2) is 13.1 Å². The molecule has 0 aromatic heterocycles. The molecule has 0 aromatic carbocycles. The maximum Gasteiger partial charge on any atom is 0.220 e. The molecule has 1 atom stereocenters. The summed E-state index contributed by atoms with van der Waals surface area (Å²) in [6.45, 7) is 3.25. The van der Waals surface area contributed by atoms with Gasteiger partial charge in [-0.1, -0.05) is 0 Å². The third-order valence-corrected chi connectivity index (χ3v) is 6.08. The van der Waals surface area contributed by atoms with E-state index in [4.69, 9.17) is 4.74 Å². The van der Waals surface area contributed by atoms with E-state index in [1.54, 1.807) is 0 Å². The van der Waals surface area contributed by atoms with Gasteiger partial charge in [0.1, 0.15) is 0 Å². The molecule has 2 heterocycles. The van der Waals surface area contributed by atoms with Gasteiger partial charge in [-0.05, 0) is 57.5 Å². The highest BCUT2D eigenvalue weighted by molar-refractivity contribution is 7.89. The largest absolute Gasteiger partial charge is 0.377 e. The molecule has 140 valence electrons.